The second-order valence-electron chi connectivity index (χ2n) is 10.1. The molecule has 0 atom stereocenters. The number of rotatable bonds is 11. The number of aliphatic imine (C=N–C) groups is 1. The van der Waals surface area contributed by atoms with Gasteiger partial charge in [0, 0.05) is 36.5 Å². The van der Waals surface area contributed by atoms with Crippen molar-refractivity contribution in [1.29, 1.82) is 0 Å². The number of hydrogen-bond donors (Lipinski definition) is 3. The van der Waals surface area contributed by atoms with Crippen LogP contribution in [0.15, 0.2) is 65.8 Å². The maximum atomic E-state index is 13.5. The minimum absolute atomic E-state index is 0.0378. The molecule has 2 heterocycles. The molecule has 3 aromatic rings. The van der Waals surface area contributed by atoms with Crippen LogP contribution in [-0.4, -0.2) is 48.5 Å². The number of nitrogens with two attached hydrogens (primary N) is 1. The van der Waals surface area contributed by atoms with Crippen molar-refractivity contribution < 1.29 is 27.4 Å². The standard InChI is InChI=1S/C29H32F3N5O3/c1-28(2,33)8-13-39-24-16-20(15-21(17-24)29(30,31)32)27(38)37-9-6-19-4-3-5-22(14-19)40-23-7-10-34-25(18-23)26-35-11-12-36-26/h3-5,7,10,14-18H,6,8-9,11-13,33H2,1-2H3,(H,35,36)(H,37,38). The van der Waals surface area contributed by atoms with E-state index in [1.165, 1.54) is 6.07 Å². The van der Waals surface area contributed by atoms with E-state index >= 15 is 0 Å². The SMILES string of the molecule is CC(C)(N)CCOc1cc(C(=O)NCCc2cccc(Oc3ccnc(C4=NCCN4)c3)c2)cc(C(F)(F)F)c1. The summed E-state index contributed by atoms with van der Waals surface area (Å²) < 4.78 is 51.9. The minimum atomic E-state index is -4.63. The number of benzene rings is 2. The van der Waals surface area contributed by atoms with Crippen molar-refractivity contribution in [3.05, 3.63) is 83.2 Å². The lowest BCUT2D eigenvalue weighted by Gasteiger charge is -2.19. The van der Waals surface area contributed by atoms with E-state index in [1.807, 2.05) is 24.3 Å². The van der Waals surface area contributed by atoms with E-state index < -0.39 is 23.2 Å². The Bertz CT molecular complexity index is 1370. The molecule has 11 heteroatoms. The van der Waals surface area contributed by atoms with Gasteiger partial charge in [-0.1, -0.05) is 12.1 Å². The van der Waals surface area contributed by atoms with E-state index in [0.717, 1.165) is 30.1 Å². The summed E-state index contributed by atoms with van der Waals surface area (Å²) in [6.45, 7) is 5.40. The first-order valence-electron chi connectivity index (χ1n) is 12.9. The van der Waals surface area contributed by atoms with Gasteiger partial charge in [-0.15, -0.1) is 0 Å². The highest BCUT2D eigenvalue weighted by Gasteiger charge is 2.32. The maximum Gasteiger partial charge on any atom is 0.416 e. The number of nitrogens with zero attached hydrogens (tertiary/aromatic N) is 2. The summed E-state index contributed by atoms with van der Waals surface area (Å²) >= 11 is 0. The number of pyridine rings is 1. The highest BCUT2D eigenvalue weighted by Crippen LogP contribution is 2.33. The van der Waals surface area contributed by atoms with Crippen LogP contribution in [0.5, 0.6) is 17.2 Å². The summed E-state index contributed by atoms with van der Waals surface area (Å²) in [7, 11) is 0. The molecule has 0 spiro atoms. The van der Waals surface area contributed by atoms with E-state index in [9.17, 15) is 18.0 Å². The first-order chi connectivity index (χ1) is 19.0. The smallest absolute Gasteiger partial charge is 0.416 e. The van der Waals surface area contributed by atoms with Crippen molar-refractivity contribution in [2.45, 2.75) is 38.4 Å². The van der Waals surface area contributed by atoms with Gasteiger partial charge in [-0.05, 0) is 68.7 Å². The molecule has 0 saturated carbocycles. The van der Waals surface area contributed by atoms with Crippen LogP contribution in [0, 0.1) is 0 Å². The number of halogens is 3. The highest BCUT2D eigenvalue weighted by atomic mass is 19.4. The van der Waals surface area contributed by atoms with E-state index in [-0.39, 0.29) is 24.5 Å². The number of carbonyl (C=O) groups excluding carboxylic acids is 1. The Morgan fingerprint density at radius 2 is 1.88 bits per heavy atom. The number of amidine groups is 1. The Kier molecular flexibility index (Phi) is 8.93. The lowest BCUT2D eigenvalue weighted by atomic mass is 10.0. The molecule has 4 rings (SSSR count). The summed E-state index contributed by atoms with van der Waals surface area (Å²) in [5.41, 5.74) is 5.87. The molecular formula is C29H32F3N5O3. The molecule has 0 fully saturated rings. The van der Waals surface area contributed by atoms with Gasteiger partial charge in [0.05, 0.1) is 18.7 Å². The number of hydrogen-bond acceptors (Lipinski definition) is 7. The van der Waals surface area contributed by atoms with Crippen molar-refractivity contribution in [3.63, 3.8) is 0 Å². The summed E-state index contributed by atoms with van der Waals surface area (Å²) in [5, 5.41) is 5.87. The molecule has 0 saturated heterocycles. The van der Waals surface area contributed by atoms with Gasteiger partial charge in [0.15, 0.2) is 0 Å². The van der Waals surface area contributed by atoms with Gasteiger partial charge in [0.25, 0.3) is 5.91 Å². The number of aromatic nitrogens is 1. The monoisotopic (exact) mass is 555 g/mol. The van der Waals surface area contributed by atoms with E-state index in [1.54, 1.807) is 32.2 Å². The Labute approximate surface area is 230 Å². The van der Waals surface area contributed by atoms with Crippen LogP contribution in [-0.2, 0) is 12.6 Å². The van der Waals surface area contributed by atoms with Crippen molar-refractivity contribution >= 4 is 11.7 Å². The molecule has 1 aromatic heterocycles. The molecule has 2 aromatic carbocycles. The average molecular weight is 556 g/mol. The minimum Gasteiger partial charge on any atom is -0.493 e. The lowest BCUT2D eigenvalue weighted by molar-refractivity contribution is -0.137. The lowest BCUT2D eigenvalue weighted by Crippen LogP contribution is -2.33. The van der Waals surface area contributed by atoms with Crippen LogP contribution in [0.25, 0.3) is 0 Å². The van der Waals surface area contributed by atoms with E-state index in [2.05, 4.69) is 20.6 Å². The van der Waals surface area contributed by atoms with Crippen LogP contribution >= 0.6 is 0 Å². The number of alkyl halides is 3. The third-order valence-corrected chi connectivity index (χ3v) is 5.99. The highest BCUT2D eigenvalue weighted by molar-refractivity contribution is 5.98. The predicted molar refractivity (Wildman–Crippen MR) is 146 cm³/mol. The molecule has 8 nitrogen and oxygen atoms in total. The number of nitrogens with one attached hydrogen (secondary N) is 2. The average Bonchev–Trinajstić information content (AvgIpc) is 3.43. The topological polar surface area (TPSA) is 111 Å². The number of carbonyl (C=O) groups is 1. The van der Waals surface area contributed by atoms with Crippen molar-refractivity contribution in [2.75, 3.05) is 26.2 Å². The van der Waals surface area contributed by atoms with Crippen LogP contribution in [0.1, 0.15) is 47.4 Å². The third kappa shape index (κ3) is 8.44. The van der Waals surface area contributed by atoms with Gasteiger partial charge in [-0.3, -0.25) is 14.8 Å². The quantitative estimate of drug-likeness (QED) is 0.316. The third-order valence-electron chi connectivity index (χ3n) is 5.99. The fourth-order valence-corrected chi connectivity index (χ4v) is 3.91. The molecule has 0 unspecified atom stereocenters. The molecule has 40 heavy (non-hydrogen) atoms. The second kappa shape index (κ2) is 12.4. The van der Waals surface area contributed by atoms with E-state index in [4.69, 9.17) is 15.2 Å². The normalized spacial score (nSPS) is 13.4. The summed E-state index contributed by atoms with van der Waals surface area (Å²) in [6.07, 6.45) is -2.10. The van der Waals surface area contributed by atoms with Gasteiger partial charge >= 0.3 is 6.18 Å². The Morgan fingerprint density at radius 1 is 1.07 bits per heavy atom. The Balaban J connectivity index is 1.36. The summed E-state index contributed by atoms with van der Waals surface area (Å²) in [6, 6.07) is 13.9. The molecule has 1 amide bonds. The van der Waals surface area contributed by atoms with Gasteiger partial charge < -0.3 is 25.8 Å². The predicted octanol–water partition coefficient (Wildman–Crippen LogP) is 4.72. The van der Waals surface area contributed by atoms with Gasteiger partial charge in [0.1, 0.15) is 28.8 Å². The van der Waals surface area contributed by atoms with Crippen LogP contribution < -0.4 is 25.8 Å². The zero-order valence-electron chi connectivity index (χ0n) is 22.3. The van der Waals surface area contributed by atoms with Crippen LogP contribution in [0.2, 0.25) is 0 Å². The fraction of sp³-hybridized carbons (Fsp3) is 0.345. The summed E-state index contributed by atoms with van der Waals surface area (Å²) in [4.78, 5) is 21.4. The fourth-order valence-electron chi connectivity index (χ4n) is 3.91. The molecule has 1 aliphatic heterocycles. The molecular weight excluding hydrogens is 523 g/mol. The largest absolute Gasteiger partial charge is 0.493 e. The molecule has 0 bridgehead atoms. The first-order valence-corrected chi connectivity index (χ1v) is 12.9. The van der Waals surface area contributed by atoms with Crippen molar-refractivity contribution in [3.8, 4) is 17.2 Å². The number of ether oxygens (including phenoxy) is 2. The molecule has 1 aliphatic rings. The Morgan fingerprint density at radius 3 is 2.60 bits per heavy atom. The number of amides is 1. The zero-order chi connectivity index (χ0) is 28.8. The zero-order valence-corrected chi connectivity index (χ0v) is 22.3. The van der Waals surface area contributed by atoms with Crippen molar-refractivity contribution in [2.24, 2.45) is 10.7 Å². The van der Waals surface area contributed by atoms with Gasteiger partial charge in [-0.25, -0.2) is 0 Å². The van der Waals surface area contributed by atoms with Crippen LogP contribution in [0.3, 0.4) is 0 Å². The first kappa shape index (κ1) is 28.9. The molecule has 0 radical (unpaired) electrons. The Hall–Kier alpha value is -4.12. The molecule has 0 aliphatic carbocycles. The van der Waals surface area contributed by atoms with Crippen LogP contribution in [0.4, 0.5) is 13.2 Å². The molecule has 4 N–H and O–H groups in total. The van der Waals surface area contributed by atoms with E-state index in [0.29, 0.717) is 36.6 Å². The van der Waals surface area contributed by atoms with Crippen molar-refractivity contribution in [1.82, 2.24) is 15.6 Å². The maximum absolute atomic E-state index is 13.5. The van der Waals surface area contributed by atoms with Gasteiger partial charge in [-0.2, -0.15) is 13.2 Å². The molecule has 212 valence electrons. The van der Waals surface area contributed by atoms with Gasteiger partial charge in [0.2, 0.25) is 0 Å². The second-order valence-corrected chi connectivity index (χ2v) is 10.1. The summed E-state index contributed by atoms with van der Waals surface area (Å²) in [5.74, 6) is 1.26.